The molecule has 0 atom stereocenters. The number of hydrogen-bond donors (Lipinski definition) is 1. The van der Waals surface area contributed by atoms with Crippen LogP contribution in [0.15, 0.2) is 35.4 Å². The smallest absolute Gasteiger partial charge is 0.306 e. The van der Waals surface area contributed by atoms with Crippen molar-refractivity contribution in [3.63, 3.8) is 0 Å². The quantitative estimate of drug-likeness (QED) is 0.760. The van der Waals surface area contributed by atoms with E-state index < -0.39 is 0 Å². The Hall–Kier alpha value is -2.88. The van der Waals surface area contributed by atoms with Crippen molar-refractivity contribution in [3.8, 4) is 6.07 Å². The van der Waals surface area contributed by atoms with Gasteiger partial charge in [-0.05, 0) is 18.6 Å². The minimum atomic E-state index is -0.109. The zero-order chi connectivity index (χ0) is 13.9. The summed E-state index contributed by atoms with van der Waals surface area (Å²) in [5.41, 5.74) is 1.63. The van der Waals surface area contributed by atoms with Crippen LogP contribution in [0.3, 0.4) is 0 Å². The van der Waals surface area contributed by atoms with Gasteiger partial charge in [0.15, 0.2) is 0 Å². The summed E-state index contributed by atoms with van der Waals surface area (Å²) in [4.78, 5) is 18.5. The number of nitrogens with one attached hydrogen (secondary N) is 1. The molecule has 20 heavy (non-hydrogen) atoms. The van der Waals surface area contributed by atoms with Crippen molar-refractivity contribution < 1.29 is 0 Å². The van der Waals surface area contributed by atoms with Crippen LogP contribution in [-0.4, -0.2) is 24.3 Å². The second kappa shape index (κ2) is 5.01. The molecule has 0 aliphatic heterocycles. The molecular formula is C13H12N6O. The Morgan fingerprint density at radius 1 is 1.30 bits per heavy atom. The van der Waals surface area contributed by atoms with E-state index in [2.05, 4.69) is 15.1 Å². The van der Waals surface area contributed by atoms with Gasteiger partial charge in [0, 0.05) is 13.1 Å². The van der Waals surface area contributed by atoms with Crippen molar-refractivity contribution in [2.75, 3.05) is 0 Å². The SMILES string of the molecule is N#Cc1ncn(CCCn2c(=O)[nH]c3ccccc32)n1. The highest BCUT2D eigenvalue weighted by molar-refractivity contribution is 5.74. The van der Waals surface area contributed by atoms with E-state index in [4.69, 9.17) is 5.26 Å². The molecule has 0 radical (unpaired) electrons. The summed E-state index contributed by atoms with van der Waals surface area (Å²) in [6.07, 6.45) is 2.26. The maximum Gasteiger partial charge on any atom is 0.326 e. The summed E-state index contributed by atoms with van der Waals surface area (Å²) >= 11 is 0. The van der Waals surface area contributed by atoms with Crippen LogP contribution in [0.1, 0.15) is 12.2 Å². The first-order valence-corrected chi connectivity index (χ1v) is 6.25. The van der Waals surface area contributed by atoms with Gasteiger partial charge in [0.2, 0.25) is 0 Å². The molecule has 0 saturated heterocycles. The molecule has 7 heteroatoms. The lowest BCUT2D eigenvalue weighted by atomic mass is 10.3. The highest BCUT2D eigenvalue weighted by Crippen LogP contribution is 2.09. The van der Waals surface area contributed by atoms with E-state index in [0.29, 0.717) is 13.1 Å². The molecule has 0 amide bonds. The third kappa shape index (κ3) is 2.19. The van der Waals surface area contributed by atoms with Crippen LogP contribution in [0, 0.1) is 11.3 Å². The van der Waals surface area contributed by atoms with Crippen molar-refractivity contribution >= 4 is 11.0 Å². The van der Waals surface area contributed by atoms with Gasteiger partial charge in [-0.15, -0.1) is 5.10 Å². The number of imidazole rings is 1. The van der Waals surface area contributed by atoms with Crippen LogP contribution < -0.4 is 5.69 Å². The maximum absolute atomic E-state index is 11.9. The largest absolute Gasteiger partial charge is 0.326 e. The van der Waals surface area contributed by atoms with Crippen molar-refractivity contribution in [1.82, 2.24) is 24.3 Å². The van der Waals surface area contributed by atoms with Crippen LogP contribution in [0.25, 0.3) is 11.0 Å². The summed E-state index contributed by atoms with van der Waals surface area (Å²) in [6, 6.07) is 9.47. The number of aromatic nitrogens is 5. The lowest BCUT2D eigenvalue weighted by Gasteiger charge is -2.03. The number of hydrogen-bond acceptors (Lipinski definition) is 4. The third-order valence-corrected chi connectivity index (χ3v) is 3.09. The molecule has 1 aromatic carbocycles. The van der Waals surface area contributed by atoms with Crippen molar-refractivity contribution in [3.05, 3.63) is 46.9 Å². The Labute approximate surface area is 114 Å². The Bertz CT molecular complexity index is 834. The standard InChI is InChI=1S/C13H12N6O/c14-8-12-15-9-18(17-12)6-3-7-19-11-5-2-1-4-10(11)16-13(19)20/h1-2,4-5,9H,3,6-7H2,(H,16,20). The van der Waals surface area contributed by atoms with Gasteiger partial charge in [-0.2, -0.15) is 5.26 Å². The summed E-state index contributed by atoms with van der Waals surface area (Å²) in [5.74, 6) is 0.161. The van der Waals surface area contributed by atoms with Crippen LogP contribution in [-0.2, 0) is 13.1 Å². The summed E-state index contributed by atoms with van der Waals surface area (Å²) in [5, 5.41) is 12.6. The fourth-order valence-corrected chi connectivity index (χ4v) is 2.17. The first kappa shape index (κ1) is 12.2. The molecule has 7 nitrogen and oxygen atoms in total. The molecule has 100 valence electrons. The maximum atomic E-state index is 11.9. The van der Waals surface area contributed by atoms with E-state index in [-0.39, 0.29) is 11.5 Å². The number of rotatable bonds is 4. The van der Waals surface area contributed by atoms with Gasteiger partial charge >= 0.3 is 5.69 Å². The fraction of sp³-hybridized carbons (Fsp3) is 0.231. The molecule has 3 rings (SSSR count). The fourth-order valence-electron chi connectivity index (χ4n) is 2.17. The number of aromatic amines is 1. The molecule has 0 bridgehead atoms. The third-order valence-electron chi connectivity index (χ3n) is 3.09. The zero-order valence-corrected chi connectivity index (χ0v) is 10.7. The van der Waals surface area contributed by atoms with Crippen LogP contribution in [0.2, 0.25) is 0 Å². The monoisotopic (exact) mass is 268 g/mol. The highest BCUT2D eigenvalue weighted by Gasteiger charge is 2.05. The van der Waals surface area contributed by atoms with Gasteiger partial charge in [0.05, 0.1) is 11.0 Å². The van der Waals surface area contributed by atoms with E-state index in [9.17, 15) is 4.79 Å². The van der Waals surface area contributed by atoms with Crippen LogP contribution >= 0.6 is 0 Å². The molecule has 0 saturated carbocycles. The van der Waals surface area contributed by atoms with Gasteiger partial charge in [0.1, 0.15) is 12.4 Å². The Balaban J connectivity index is 1.73. The van der Waals surface area contributed by atoms with Gasteiger partial charge < -0.3 is 4.98 Å². The molecule has 0 aliphatic carbocycles. The van der Waals surface area contributed by atoms with E-state index in [0.717, 1.165) is 17.5 Å². The van der Waals surface area contributed by atoms with Gasteiger partial charge in [0.25, 0.3) is 5.82 Å². The molecule has 1 N–H and O–H groups in total. The van der Waals surface area contributed by atoms with Crippen molar-refractivity contribution in [2.45, 2.75) is 19.5 Å². The number of nitriles is 1. The first-order chi connectivity index (χ1) is 9.78. The average Bonchev–Trinajstić information content (AvgIpc) is 3.04. The Morgan fingerprint density at radius 2 is 2.15 bits per heavy atom. The number of aryl methyl sites for hydroxylation is 2. The van der Waals surface area contributed by atoms with Gasteiger partial charge in [-0.3, -0.25) is 9.25 Å². The zero-order valence-electron chi connectivity index (χ0n) is 10.7. The summed E-state index contributed by atoms with van der Waals surface area (Å²) in [7, 11) is 0. The molecule has 0 aliphatic rings. The molecular weight excluding hydrogens is 256 g/mol. The van der Waals surface area contributed by atoms with Crippen LogP contribution in [0.5, 0.6) is 0 Å². The highest BCUT2D eigenvalue weighted by atomic mass is 16.1. The topological polar surface area (TPSA) is 92.3 Å². The van der Waals surface area contributed by atoms with Gasteiger partial charge in [-0.1, -0.05) is 12.1 Å². The van der Waals surface area contributed by atoms with E-state index in [1.807, 2.05) is 30.3 Å². The van der Waals surface area contributed by atoms with Crippen LogP contribution in [0.4, 0.5) is 0 Å². The first-order valence-electron chi connectivity index (χ1n) is 6.25. The second-order valence-electron chi connectivity index (χ2n) is 4.40. The van der Waals surface area contributed by atoms with E-state index >= 15 is 0 Å². The Kier molecular flexibility index (Phi) is 3.05. The van der Waals surface area contributed by atoms with Crippen molar-refractivity contribution in [2.24, 2.45) is 0 Å². The second-order valence-corrected chi connectivity index (χ2v) is 4.40. The Morgan fingerprint density at radius 3 is 2.95 bits per heavy atom. The number of para-hydroxylation sites is 2. The molecule has 2 aromatic heterocycles. The predicted molar refractivity (Wildman–Crippen MR) is 71.9 cm³/mol. The minimum Gasteiger partial charge on any atom is -0.306 e. The number of nitrogens with zero attached hydrogens (tertiary/aromatic N) is 5. The van der Waals surface area contributed by atoms with Gasteiger partial charge in [-0.25, -0.2) is 9.78 Å². The summed E-state index contributed by atoms with van der Waals surface area (Å²) in [6.45, 7) is 1.20. The molecule has 2 heterocycles. The molecule has 0 fully saturated rings. The van der Waals surface area contributed by atoms with Crippen molar-refractivity contribution in [1.29, 1.82) is 5.26 Å². The molecule has 0 spiro atoms. The molecule has 3 aromatic rings. The predicted octanol–water partition coefficient (Wildman–Crippen LogP) is 0.883. The average molecular weight is 268 g/mol. The summed E-state index contributed by atoms with van der Waals surface area (Å²) < 4.78 is 3.32. The number of fused-ring (bicyclic) bond motifs is 1. The number of H-pyrrole nitrogens is 1. The minimum absolute atomic E-state index is 0.109. The normalized spacial score (nSPS) is 10.8. The van der Waals surface area contributed by atoms with E-state index in [1.54, 1.807) is 9.25 Å². The lowest BCUT2D eigenvalue weighted by molar-refractivity contribution is 0.525. The lowest BCUT2D eigenvalue weighted by Crippen LogP contribution is -2.17. The molecule has 0 unspecified atom stereocenters. The number of benzene rings is 1. The van der Waals surface area contributed by atoms with E-state index in [1.165, 1.54) is 6.33 Å².